The molecule has 154 valence electrons. The lowest BCUT2D eigenvalue weighted by Crippen LogP contribution is -2.19. The number of carbonyl (C=O) groups excluding carboxylic acids is 2. The van der Waals surface area contributed by atoms with Crippen molar-refractivity contribution in [2.45, 2.75) is 5.25 Å². The van der Waals surface area contributed by atoms with Crippen LogP contribution in [0.4, 0.5) is 14.5 Å². The zero-order valence-corrected chi connectivity index (χ0v) is 17.1. The molecule has 0 spiro atoms. The van der Waals surface area contributed by atoms with Crippen LogP contribution in [0.5, 0.6) is 0 Å². The van der Waals surface area contributed by atoms with E-state index in [0.717, 1.165) is 17.2 Å². The molecule has 4 nitrogen and oxygen atoms in total. The molecule has 3 aromatic carbocycles. The van der Waals surface area contributed by atoms with Crippen molar-refractivity contribution in [1.82, 2.24) is 0 Å². The van der Waals surface area contributed by atoms with Gasteiger partial charge >= 0.3 is 0 Å². The van der Waals surface area contributed by atoms with Crippen molar-refractivity contribution in [3.05, 3.63) is 100 Å². The minimum absolute atomic E-state index is 0.00902. The Morgan fingerprint density at radius 1 is 0.967 bits per heavy atom. The standard InChI is InChI=1S/C22H17ClF2N2O2S/c23-15-8-6-14(7-9-15)21(13-4-2-1-3-5-13)30-12-20(28)27-19-10-16(22(26)29)17(24)11-18(19)25/h1-11,21H,12H2,(H2,26,29)(H,27,28). The first-order valence-electron chi connectivity index (χ1n) is 8.86. The number of amides is 2. The second-order valence-electron chi connectivity index (χ2n) is 6.38. The van der Waals surface area contributed by atoms with Crippen LogP contribution in [0.1, 0.15) is 26.7 Å². The second kappa shape index (κ2) is 9.73. The number of thioether (sulfide) groups is 1. The molecule has 0 aliphatic carbocycles. The van der Waals surface area contributed by atoms with E-state index in [4.69, 9.17) is 17.3 Å². The van der Waals surface area contributed by atoms with Gasteiger partial charge in [0, 0.05) is 11.1 Å². The Hall–Kier alpha value is -2.90. The van der Waals surface area contributed by atoms with Crippen LogP contribution in [0.15, 0.2) is 66.7 Å². The van der Waals surface area contributed by atoms with Gasteiger partial charge in [-0.1, -0.05) is 54.1 Å². The van der Waals surface area contributed by atoms with E-state index in [0.29, 0.717) is 11.1 Å². The molecule has 0 saturated carbocycles. The maximum atomic E-state index is 14.0. The summed E-state index contributed by atoms with van der Waals surface area (Å²) in [5, 5.41) is 2.81. The van der Waals surface area contributed by atoms with E-state index in [2.05, 4.69) is 5.32 Å². The normalized spacial score (nSPS) is 11.7. The average Bonchev–Trinajstić information content (AvgIpc) is 2.72. The summed E-state index contributed by atoms with van der Waals surface area (Å²) in [6.07, 6.45) is 0. The molecule has 3 aromatic rings. The molecule has 0 aromatic heterocycles. The first kappa shape index (κ1) is 21.8. The highest BCUT2D eigenvalue weighted by atomic mass is 35.5. The summed E-state index contributed by atoms with van der Waals surface area (Å²) in [6, 6.07) is 18.3. The van der Waals surface area contributed by atoms with E-state index in [1.165, 1.54) is 11.8 Å². The quantitative estimate of drug-likeness (QED) is 0.525. The summed E-state index contributed by atoms with van der Waals surface area (Å²) in [5.41, 5.74) is 6.21. The first-order chi connectivity index (χ1) is 14.3. The molecule has 2 amide bonds. The van der Waals surface area contributed by atoms with Gasteiger partial charge in [-0.15, -0.1) is 11.8 Å². The van der Waals surface area contributed by atoms with Crippen molar-refractivity contribution in [2.75, 3.05) is 11.1 Å². The molecule has 0 aliphatic rings. The maximum Gasteiger partial charge on any atom is 0.251 e. The Morgan fingerprint density at radius 3 is 2.23 bits per heavy atom. The van der Waals surface area contributed by atoms with Crippen LogP contribution in [0.3, 0.4) is 0 Å². The third kappa shape index (κ3) is 5.37. The third-order valence-electron chi connectivity index (χ3n) is 4.25. The van der Waals surface area contributed by atoms with Crippen molar-refractivity contribution >= 4 is 40.9 Å². The number of hydrogen-bond donors (Lipinski definition) is 2. The number of benzene rings is 3. The first-order valence-corrected chi connectivity index (χ1v) is 10.3. The Labute approximate surface area is 181 Å². The monoisotopic (exact) mass is 446 g/mol. The lowest BCUT2D eigenvalue weighted by atomic mass is 10.0. The Bertz CT molecular complexity index is 1060. The molecular formula is C22H17ClF2N2O2S. The number of nitrogens with one attached hydrogen (secondary N) is 1. The Balaban J connectivity index is 1.76. The topological polar surface area (TPSA) is 72.2 Å². The Morgan fingerprint density at radius 2 is 1.60 bits per heavy atom. The highest BCUT2D eigenvalue weighted by Gasteiger charge is 2.19. The van der Waals surface area contributed by atoms with Crippen molar-refractivity contribution in [1.29, 1.82) is 0 Å². The van der Waals surface area contributed by atoms with Gasteiger partial charge in [0.25, 0.3) is 5.91 Å². The van der Waals surface area contributed by atoms with Crippen LogP contribution in [-0.4, -0.2) is 17.6 Å². The molecule has 8 heteroatoms. The molecule has 0 saturated heterocycles. The van der Waals surface area contributed by atoms with Crippen LogP contribution in [0.2, 0.25) is 5.02 Å². The highest BCUT2D eigenvalue weighted by Crippen LogP contribution is 2.36. The number of halogens is 3. The predicted octanol–water partition coefficient (Wildman–Crippen LogP) is 5.18. The van der Waals surface area contributed by atoms with E-state index in [1.807, 2.05) is 42.5 Å². The number of rotatable bonds is 7. The minimum atomic E-state index is -1.08. The summed E-state index contributed by atoms with van der Waals surface area (Å²) in [7, 11) is 0. The largest absolute Gasteiger partial charge is 0.366 e. The molecule has 0 aliphatic heterocycles. The molecule has 0 radical (unpaired) electrons. The van der Waals surface area contributed by atoms with Crippen LogP contribution in [-0.2, 0) is 4.79 Å². The Kier molecular flexibility index (Phi) is 7.07. The summed E-state index contributed by atoms with van der Waals surface area (Å²) in [5.74, 6) is -3.64. The molecular weight excluding hydrogens is 430 g/mol. The highest BCUT2D eigenvalue weighted by molar-refractivity contribution is 8.00. The predicted molar refractivity (Wildman–Crippen MR) is 116 cm³/mol. The number of primary amides is 1. The van der Waals surface area contributed by atoms with Crippen LogP contribution in [0.25, 0.3) is 0 Å². The van der Waals surface area contributed by atoms with Gasteiger partial charge in [-0.25, -0.2) is 8.78 Å². The van der Waals surface area contributed by atoms with Crippen molar-refractivity contribution < 1.29 is 18.4 Å². The fraction of sp³-hybridized carbons (Fsp3) is 0.0909. The van der Waals surface area contributed by atoms with Gasteiger partial charge in [-0.2, -0.15) is 0 Å². The molecule has 0 bridgehead atoms. The molecule has 3 rings (SSSR count). The van der Waals surface area contributed by atoms with Crippen LogP contribution in [0, 0.1) is 11.6 Å². The van der Waals surface area contributed by atoms with E-state index >= 15 is 0 Å². The van der Waals surface area contributed by atoms with E-state index in [1.54, 1.807) is 12.1 Å². The second-order valence-corrected chi connectivity index (χ2v) is 7.91. The number of anilines is 1. The summed E-state index contributed by atoms with van der Waals surface area (Å²) < 4.78 is 27.6. The lowest BCUT2D eigenvalue weighted by Gasteiger charge is -2.18. The van der Waals surface area contributed by atoms with E-state index in [-0.39, 0.29) is 16.7 Å². The van der Waals surface area contributed by atoms with Gasteiger partial charge < -0.3 is 11.1 Å². The average molecular weight is 447 g/mol. The third-order valence-corrected chi connectivity index (χ3v) is 5.81. The molecule has 0 fully saturated rings. The fourth-order valence-electron chi connectivity index (χ4n) is 2.83. The molecule has 30 heavy (non-hydrogen) atoms. The van der Waals surface area contributed by atoms with Gasteiger partial charge in [0.2, 0.25) is 5.91 Å². The molecule has 1 unspecified atom stereocenters. The van der Waals surface area contributed by atoms with Gasteiger partial charge in [-0.3, -0.25) is 9.59 Å². The van der Waals surface area contributed by atoms with Gasteiger partial charge in [0.05, 0.1) is 22.3 Å². The van der Waals surface area contributed by atoms with Gasteiger partial charge in [-0.05, 0) is 29.3 Å². The summed E-state index contributed by atoms with van der Waals surface area (Å²) in [6.45, 7) is 0. The smallest absolute Gasteiger partial charge is 0.251 e. The molecule has 3 N–H and O–H groups in total. The van der Waals surface area contributed by atoms with E-state index < -0.39 is 29.0 Å². The minimum Gasteiger partial charge on any atom is -0.366 e. The zero-order chi connectivity index (χ0) is 21.7. The molecule has 1 atom stereocenters. The van der Waals surface area contributed by atoms with Crippen molar-refractivity contribution in [3.8, 4) is 0 Å². The maximum absolute atomic E-state index is 14.0. The van der Waals surface area contributed by atoms with Crippen molar-refractivity contribution in [2.24, 2.45) is 5.73 Å². The van der Waals surface area contributed by atoms with Crippen molar-refractivity contribution in [3.63, 3.8) is 0 Å². The van der Waals surface area contributed by atoms with Crippen LogP contribution < -0.4 is 11.1 Å². The SMILES string of the molecule is NC(=O)c1cc(NC(=O)CSC(c2ccccc2)c2ccc(Cl)cc2)c(F)cc1F. The summed E-state index contributed by atoms with van der Waals surface area (Å²) in [4.78, 5) is 23.7. The number of carbonyl (C=O) groups is 2. The fourth-order valence-corrected chi connectivity index (χ4v) is 4.04. The van der Waals surface area contributed by atoms with E-state index in [9.17, 15) is 18.4 Å². The van der Waals surface area contributed by atoms with Crippen LogP contribution >= 0.6 is 23.4 Å². The number of nitrogens with two attached hydrogens (primary N) is 1. The number of hydrogen-bond acceptors (Lipinski definition) is 3. The summed E-state index contributed by atoms with van der Waals surface area (Å²) >= 11 is 7.31. The van der Waals surface area contributed by atoms with Gasteiger partial charge in [0.15, 0.2) is 0 Å². The molecule has 0 heterocycles. The van der Waals surface area contributed by atoms with Gasteiger partial charge in [0.1, 0.15) is 11.6 Å². The zero-order valence-electron chi connectivity index (χ0n) is 15.6. The lowest BCUT2D eigenvalue weighted by molar-refractivity contribution is -0.113.